The number of unbranched alkanes of at least 4 members (excludes halogenated alkanes) is 1. The Bertz CT molecular complexity index is 768. The number of carbonyl (C=O) groups is 1. The first kappa shape index (κ1) is 23.0. The molecule has 0 atom stereocenters. The Morgan fingerprint density at radius 3 is 2.53 bits per heavy atom. The first-order valence-corrected chi connectivity index (χ1v) is 12.0. The van der Waals surface area contributed by atoms with Crippen LogP contribution >= 0.6 is 0 Å². The molecule has 0 radical (unpaired) electrons. The molecule has 170 valence electrons. The number of amides is 1. The lowest BCUT2D eigenvalue weighted by Crippen LogP contribution is -2.62. The molecule has 3 heterocycles. The molecule has 30 heavy (non-hydrogen) atoms. The third kappa shape index (κ3) is 4.63. The smallest absolute Gasteiger partial charge is 0.266 e. The summed E-state index contributed by atoms with van der Waals surface area (Å²) >= 11 is 0. The van der Waals surface area contributed by atoms with Gasteiger partial charge < -0.3 is 14.4 Å². The summed E-state index contributed by atoms with van der Waals surface area (Å²) in [5.41, 5.74) is 1.56. The molecule has 3 aliphatic rings. The van der Waals surface area contributed by atoms with Crippen molar-refractivity contribution in [2.24, 2.45) is 4.99 Å². The summed E-state index contributed by atoms with van der Waals surface area (Å²) in [6, 6.07) is 0. The lowest BCUT2D eigenvalue weighted by molar-refractivity contribution is -0.134. The summed E-state index contributed by atoms with van der Waals surface area (Å²) in [4.78, 5) is 19.0. The molecule has 2 saturated heterocycles. The predicted molar refractivity (Wildman–Crippen MR) is 110 cm³/mol. The van der Waals surface area contributed by atoms with Crippen LogP contribution in [0.25, 0.3) is 0 Å². The molecular formula is C19H32N4O6S. The van der Waals surface area contributed by atoms with E-state index in [4.69, 9.17) is 14.7 Å². The number of sulfonamides is 1. The van der Waals surface area contributed by atoms with E-state index in [1.807, 2.05) is 0 Å². The van der Waals surface area contributed by atoms with Crippen molar-refractivity contribution in [3.05, 3.63) is 12.0 Å². The molecule has 0 unspecified atom stereocenters. The lowest BCUT2D eigenvalue weighted by atomic mass is 9.98. The number of hydroxylamine groups is 1. The number of nitrogens with one attached hydrogen (secondary N) is 1. The first-order valence-electron chi connectivity index (χ1n) is 10.6. The van der Waals surface area contributed by atoms with Gasteiger partial charge in [0.25, 0.3) is 5.91 Å². The lowest BCUT2D eigenvalue weighted by Gasteiger charge is -2.42. The number of amidine groups is 1. The largest absolute Gasteiger partial charge is 0.496 e. The Morgan fingerprint density at radius 1 is 1.27 bits per heavy atom. The molecular weight excluding hydrogens is 412 g/mol. The number of carbonyl (C=O) groups excluding carboxylic acids is 1. The molecule has 0 aromatic heterocycles. The van der Waals surface area contributed by atoms with Crippen molar-refractivity contribution in [1.29, 1.82) is 0 Å². The van der Waals surface area contributed by atoms with Gasteiger partial charge in [0, 0.05) is 65.1 Å². The van der Waals surface area contributed by atoms with Crippen LogP contribution in [0.15, 0.2) is 17.0 Å². The number of rotatable bonds is 7. The second kappa shape index (κ2) is 10.1. The predicted octanol–water partition coefficient (Wildman–Crippen LogP) is 0.839. The van der Waals surface area contributed by atoms with Crippen molar-refractivity contribution in [1.82, 2.24) is 14.7 Å². The Balaban J connectivity index is 1.63. The van der Waals surface area contributed by atoms with Crippen LogP contribution in [-0.4, -0.2) is 85.3 Å². The Labute approximate surface area is 177 Å². The van der Waals surface area contributed by atoms with Crippen LogP contribution in [0.1, 0.15) is 45.4 Å². The van der Waals surface area contributed by atoms with Gasteiger partial charge in [-0.15, -0.1) is 0 Å². The van der Waals surface area contributed by atoms with Gasteiger partial charge in [0.1, 0.15) is 11.6 Å². The van der Waals surface area contributed by atoms with E-state index in [1.54, 1.807) is 11.7 Å². The van der Waals surface area contributed by atoms with E-state index in [2.05, 4.69) is 16.8 Å². The molecule has 2 N–H and O–H groups in total. The molecule has 0 aliphatic carbocycles. The average Bonchev–Trinajstić information content (AvgIpc) is 2.79. The molecule has 1 amide bonds. The van der Waals surface area contributed by atoms with Crippen molar-refractivity contribution in [2.45, 2.75) is 50.2 Å². The molecule has 11 heteroatoms. The van der Waals surface area contributed by atoms with Crippen LogP contribution in [0.3, 0.4) is 0 Å². The third-order valence-electron chi connectivity index (χ3n) is 5.99. The fourth-order valence-electron chi connectivity index (χ4n) is 4.05. The van der Waals surface area contributed by atoms with E-state index in [0.717, 1.165) is 37.3 Å². The van der Waals surface area contributed by atoms with Gasteiger partial charge in [-0.25, -0.2) is 18.9 Å². The van der Waals surface area contributed by atoms with Crippen molar-refractivity contribution >= 4 is 21.8 Å². The van der Waals surface area contributed by atoms with Crippen molar-refractivity contribution < 1.29 is 27.9 Å². The van der Waals surface area contributed by atoms with Gasteiger partial charge in [-0.2, -0.15) is 4.31 Å². The van der Waals surface area contributed by atoms with Gasteiger partial charge in [0.2, 0.25) is 10.0 Å². The number of allylic oxidation sites excluding steroid dienone is 1. The highest BCUT2D eigenvalue weighted by molar-refractivity contribution is 7.91. The highest BCUT2D eigenvalue weighted by atomic mass is 32.2. The number of hydrogen-bond acceptors (Lipinski definition) is 8. The molecule has 0 aromatic carbocycles. The van der Waals surface area contributed by atoms with Crippen molar-refractivity contribution in [3.63, 3.8) is 0 Å². The van der Waals surface area contributed by atoms with Crippen LogP contribution in [0.2, 0.25) is 0 Å². The first-order chi connectivity index (χ1) is 14.4. The van der Waals surface area contributed by atoms with Gasteiger partial charge in [0.15, 0.2) is 4.75 Å². The van der Waals surface area contributed by atoms with Gasteiger partial charge in [-0.3, -0.25) is 10.0 Å². The maximum atomic E-state index is 13.3. The molecule has 0 saturated carbocycles. The fraction of sp³-hybridized carbons (Fsp3) is 0.789. The Kier molecular flexibility index (Phi) is 7.72. The maximum absolute atomic E-state index is 13.3. The number of nitrogens with zero attached hydrogens (tertiary/aromatic N) is 3. The second-order valence-electron chi connectivity index (χ2n) is 7.78. The topological polar surface area (TPSA) is 121 Å². The van der Waals surface area contributed by atoms with Gasteiger partial charge in [-0.1, -0.05) is 13.3 Å². The molecule has 10 nitrogen and oxygen atoms in total. The number of ether oxygens (including phenoxy) is 2. The highest BCUT2D eigenvalue weighted by Gasteiger charge is 2.54. The number of hydrogen-bond donors (Lipinski definition) is 2. The average molecular weight is 445 g/mol. The molecule has 3 rings (SSSR count). The molecule has 0 spiro atoms. The van der Waals surface area contributed by atoms with Crippen LogP contribution in [0.5, 0.6) is 0 Å². The monoisotopic (exact) mass is 444 g/mol. The minimum atomic E-state index is -3.95. The van der Waals surface area contributed by atoms with E-state index < -0.39 is 20.7 Å². The highest BCUT2D eigenvalue weighted by Crippen LogP contribution is 2.33. The minimum absolute atomic E-state index is 0.0280. The zero-order chi connectivity index (χ0) is 21.6. The second-order valence-corrected chi connectivity index (χ2v) is 10.0. The van der Waals surface area contributed by atoms with E-state index >= 15 is 0 Å². The summed E-state index contributed by atoms with van der Waals surface area (Å²) in [7, 11) is -3.95. The van der Waals surface area contributed by atoms with Crippen LogP contribution < -0.4 is 5.48 Å². The van der Waals surface area contributed by atoms with Crippen LogP contribution in [0.4, 0.5) is 0 Å². The van der Waals surface area contributed by atoms with Crippen molar-refractivity contribution in [3.8, 4) is 0 Å². The van der Waals surface area contributed by atoms with E-state index in [1.165, 1.54) is 4.31 Å². The van der Waals surface area contributed by atoms with Gasteiger partial charge in [-0.05, 0) is 6.42 Å². The van der Waals surface area contributed by atoms with E-state index in [9.17, 15) is 13.2 Å². The Hall–Kier alpha value is -1.69. The normalized spacial score (nSPS) is 22.8. The summed E-state index contributed by atoms with van der Waals surface area (Å²) in [6.45, 7) is 4.71. The summed E-state index contributed by atoms with van der Waals surface area (Å²) < 4.78 is 37.3. The molecule has 3 aliphatic heterocycles. The molecule has 2 fully saturated rings. The van der Waals surface area contributed by atoms with Gasteiger partial charge in [0.05, 0.1) is 12.8 Å². The number of piperazine rings is 1. The standard InChI is InChI=1S/C19H32N4O6S/c1-2-3-12-29-16-4-5-17(20-15-16)22-8-10-23(11-9-22)30(26,27)19(18(24)21-25)6-13-28-14-7-19/h15,25H,2-14H2,1H3,(H,21,24). The SMILES string of the molecule is CCCCOC1=CN=C(N2CCN(S(=O)(=O)C3(C(=O)NO)CCOCC3)CC2)CC1. The molecule has 0 bridgehead atoms. The van der Waals surface area contributed by atoms with Crippen molar-refractivity contribution in [2.75, 3.05) is 46.0 Å². The van der Waals surface area contributed by atoms with E-state index in [-0.39, 0.29) is 39.1 Å². The van der Waals surface area contributed by atoms with Crippen LogP contribution in [-0.2, 0) is 24.3 Å². The van der Waals surface area contributed by atoms with Crippen LogP contribution in [0, 0.1) is 0 Å². The summed E-state index contributed by atoms with van der Waals surface area (Å²) in [6.07, 6.45) is 5.48. The minimum Gasteiger partial charge on any atom is -0.496 e. The molecule has 0 aromatic rings. The number of aliphatic imine (C=N–C) groups is 1. The Morgan fingerprint density at radius 2 is 1.97 bits per heavy atom. The van der Waals surface area contributed by atoms with E-state index in [0.29, 0.717) is 19.7 Å². The van der Waals surface area contributed by atoms with Gasteiger partial charge >= 0.3 is 0 Å². The zero-order valence-electron chi connectivity index (χ0n) is 17.5. The maximum Gasteiger partial charge on any atom is 0.266 e. The quantitative estimate of drug-likeness (QED) is 0.339. The third-order valence-corrected chi connectivity index (χ3v) is 8.62. The summed E-state index contributed by atoms with van der Waals surface area (Å²) in [5.74, 6) is 0.944. The fourth-order valence-corrected chi connectivity index (χ4v) is 6.15. The summed E-state index contributed by atoms with van der Waals surface area (Å²) in [5, 5.41) is 9.15. The zero-order valence-corrected chi connectivity index (χ0v) is 18.3.